The largest absolute Gasteiger partial charge is 0.490 e. The Morgan fingerprint density at radius 2 is 1.48 bits per heavy atom. The zero-order valence-corrected chi connectivity index (χ0v) is 17.5. The number of benzene rings is 2. The quantitative estimate of drug-likeness (QED) is 0.613. The summed E-state index contributed by atoms with van der Waals surface area (Å²) in [6, 6.07) is 11.1. The summed E-state index contributed by atoms with van der Waals surface area (Å²) in [4.78, 5) is 0.655. The molecule has 0 saturated heterocycles. The third-order valence-electron chi connectivity index (χ3n) is 3.49. The molecule has 2 rings (SSSR count). The lowest BCUT2D eigenvalue weighted by molar-refractivity contribution is 0.209. The first-order chi connectivity index (χ1) is 12.8. The molecule has 0 fully saturated rings. The maximum Gasteiger partial charge on any atom is 0.203 e. The summed E-state index contributed by atoms with van der Waals surface area (Å²) in [6.07, 6.45) is 1.51. The molecule has 0 heterocycles. The molecular formula is C21H27NO4S. The average molecular weight is 390 g/mol. The number of hydrogen-bond donors (Lipinski definition) is 0. The third kappa shape index (κ3) is 6.10. The van der Waals surface area contributed by atoms with E-state index in [0.29, 0.717) is 22.1 Å². The first-order valence-electron chi connectivity index (χ1n) is 8.88. The highest BCUT2D eigenvalue weighted by molar-refractivity contribution is 7.83. The molecule has 6 heteroatoms. The number of nitrogens with zero attached hydrogens (tertiary/aromatic N) is 1. The van der Waals surface area contributed by atoms with Gasteiger partial charge in [-0.25, -0.2) is 4.21 Å². The first kappa shape index (κ1) is 21.0. The van der Waals surface area contributed by atoms with Crippen molar-refractivity contribution < 1.29 is 18.4 Å². The maximum absolute atomic E-state index is 12.4. The molecule has 0 N–H and O–H groups in total. The number of rotatable bonds is 8. The zero-order valence-electron chi connectivity index (χ0n) is 16.7. The Labute approximate surface area is 164 Å². The molecule has 27 heavy (non-hydrogen) atoms. The fraction of sp³-hybridized carbons (Fsp3) is 0.381. The molecule has 0 radical (unpaired) electrons. The Bertz CT molecular complexity index is 782. The molecule has 0 saturated carbocycles. The van der Waals surface area contributed by atoms with E-state index in [4.69, 9.17) is 14.2 Å². The second kappa shape index (κ2) is 9.55. The molecular weight excluding hydrogens is 362 g/mol. The van der Waals surface area contributed by atoms with Gasteiger partial charge < -0.3 is 14.2 Å². The first-order valence-corrected chi connectivity index (χ1v) is 9.98. The van der Waals surface area contributed by atoms with Crippen molar-refractivity contribution in [1.82, 2.24) is 0 Å². The standard InChI is InChI=1S/C21H27NO4S/c1-14(2)25-19-11-17(12-20(21(19)24-6)26-15(3)4)13-22-27(23)18-9-7-16(5)8-10-18/h7-15H,1-6H3/b22-13+/t27-/m1/s1. The molecule has 0 aromatic heterocycles. The van der Waals surface area contributed by atoms with Gasteiger partial charge in [-0.05, 0) is 58.9 Å². The van der Waals surface area contributed by atoms with Gasteiger partial charge in [0.1, 0.15) is 0 Å². The van der Waals surface area contributed by atoms with E-state index < -0.39 is 11.0 Å². The predicted octanol–water partition coefficient (Wildman–Crippen LogP) is 4.72. The lowest BCUT2D eigenvalue weighted by Gasteiger charge is -2.19. The van der Waals surface area contributed by atoms with Gasteiger partial charge in [0.15, 0.2) is 22.5 Å². The van der Waals surface area contributed by atoms with E-state index in [-0.39, 0.29) is 12.2 Å². The number of ether oxygens (including phenoxy) is 3. The predicted molar refractivity (Wildman–Crippen MR) is 110 cm³/mol. The van der Waals surface area contributed by atoms with Gasteiger partial charge in [0, 0.05) is 11.8 Å². The van der Waals surface area contributed by atoms with Crippen molar-refractivity contribution in [2.75, 3.05) is 7.11 Å². The Hall–Kier alpha value is -2.34. The fourth-order valence-corrected chi connectivity index (χ4v) is 3.09. The van der Waals surface area contributed by atoms with Gasteiger partial charge in [-0.3, -0.25) is 0 Å². The lowest BCUT2D eigenvalue weighted by Crippen LogP contribution is -2.10. The molecule has 0 bridgehead atoms. The topological polar surface area (TPSA) is 57.1 Å². The molecule has 1 atom stereocenters. The Morgan fingerprint density at radius 1 is 0.963 bits per heavy atom. The van der Waals surface area contributed by atoms with Crippen molar-refractivity contribution in [3.63, 3.8) is 0 Å². The van der Waals surface area contributed by atoms with E-state index in [9.17, 15) is 4.21 Å². The molecule has 5 nitrogen and oxygen atoms in total. The van der Waals surface area contributed by atoms with Crippen molar-refractivity contribution in [2.24, 2.45) is 4.40 Å². The van der Waals surface area contributed by atoms with Gasteiger partial charge in [-0.15, -0.1) is 0 Å². The maximum atomic E-state index is 12.4. The van der Waals surface area contributed by atoms with Gasteiger partial charge in [0.05, 0.1) is 24.2 Å². The molecule has 146 valence electrons. The van der Waals surface area contributed by atoms with Crippen LogP contribution in [0.15, 0.2) is 45.7 Å². The Morgan fingerprint density at radius 3 is 1.93 bits per heavy atom. The summed E-state index contributed by atoms with van der Waals surface area (Å²) >= 11 is 0. The minimum Gasteiger partial charge on any atom is -0.490 e. The fourth-order valence-electron chi connectivity index (χ4n) is 2.38. The Kier molecular flexibility index (Phi) is 7.42. The van der Waals surface area contributed by atoms with E-state index in [1.165, 1.54) is 0 Å². The Balaban J connectivity index is 2.36. The number of aryl methyl sites for hydroxylation is 1. The summed E-state index contributed by atoms with van der Waals surface area (Å²) in [5.41, 5.74) is 1.84. The normalized spacial score (nSPS) is 12.6. The molecule has 0 aliphatic rings. The second-order valence-corrected chi connectivity index (χ2v) is 7.86. The van der Waals surface area contributed by atoms with E-state index in [0.717, 1.165) is 11.1 Å². The van der Waals surface area contributed by atoms with E-state index in [1.807, 2.05) is 71.0 Å². The van der Waals surface area contributed by atoms with Crippen LogP contribution in [-0.2, 0) is 11.0 Å². The average Bonchev–Trinajstić information content (AvgIpc) is 2.59. The third-order valence-corrected chi connectivity index (χ3v) is 4.47. The highest BCUT2D eigenvalue weighted by Crippen LogP contribution is 2.39. The van der Waals surface area contributed by atoms with Crippen LogP contribution in [-0.4, -0.2) is 29.7 Å². The van der Waals surface area contributed by atoms with Crippen LogP contribution in [0.4, 0.5) is 0 Å². The molecule has 0 unspecified atom stereocenters. The van der Waals surface area contributed by atoms with Crippen LogP contribution >= 0.6 is 0 Å². The molecule has 2 aromatic rings. The summed E-state index contributed by atoms with van der Waals surface area (Å²) in [5, 5.41) is 0. The molecule has 0 spiro atoms. The van der Waals surface area contributed by atoms with Crippen LogP contribution in [0.25, 0.3) is 0 Å². The van der Waals surface area contributed by atoms with Crippen molar-refractivity contribution in [3.05, 3.63) is 47.5 Å². The molecule has 2 aromatic carbocycles. The second-order valence-electron chi connectivity index (χ2n) is 6.68. The molecule has 0 amide bonds. The van der Waals surface area contributed by atoms with Crippen molar-refractivity contribution in [1.29, 1.82) is 0 Å². The van der Waals surface area contributed by atoms with E-state index >= 15 is 0 Å². The minimum atomic E-state index is -1.48. The lowest BCUT2D eigenvalue weighted by atomic mass is 10.2. The van der Waals surface area contributed by atoms with Crippen molar-refractivity contribution in [3.8, 4) is 17.2 Å². The van der Waals surface area contributed by atoms with Crippen molar-refractivity contribution >= 4 is 17.2 Å². The van der Waals surface area contributed by atoms with Crippen LogP contribution in [0, 0.1) is 6.92 Å². The molecule has 0 aliphatic heterocycles. The summed E-state index contributed by atoms with van der Waals surface area (Å²) < 4.78 is 33.8. The van der Waals surface area contributed by atoms with Crippen molar-refractivity contribution in [2.45, 2.75) is 51.7 Å². The van der Waals surface area contributed by atoms with E-state index in [1.54, 1.807) is 13.3 Å². The van der Waals surface area contributed by atoms with Gasteiger partial charge in [-0.2, -0.15) is 4.40 Å². The van der Waals surface area contributed by atoms with Gasteiger partial charge in [0.2, 0.25) is 5.75 Å². The van der Waals surface area contributed by atoms with Crippen LogP contribution in [0.2, 0.25) is 0 Å². The van der Waals surface area contributed by atoms with Crippen LogP contribution in [0.1, 0.15) is 38.8 Å². The smallest absolute Gasteiger partial charge is 0.203 e. The van der Waals surface area contributed by atoms with Crippen LogP contribution in [0.3, 0.4) is 0 Å². The SMILES string of the molecule is COc1c(OC(C)C)cc(/C=N/[S@](=O)c2ccc(C)cc2)cc1OC(C)C. The number of hydrogen-bond acceptors (Lipinski definition) is 4. The van der Waals surface area contributed by atoms with E-state index in [2.05, 4.69) is 4.40 Å². The van der Waals surface area contributed by atoms with Crippen LogP contribution in [0.5, 0.6) is 17.2 Å². The summed E-state index contributed by atoms with van der Waals surface area (Å²) in [6.45, 7) is 9.75. The van der Waals surface area contributed by atoms with Gasteiger partial charge >= 0.3 is 0 Å². The van der Waals surface area contributed by atoms with Gasteiger partial charge in [-0.1, -0.05) is 17.7 Å². The highest BCUT2D eigenvalue weighted by atomic mass is 32.2. The minimum absolute atomic E-state index is 0.0281. The number of methoxy groups -OCH3 is 1. The highest BCUT2D eigenvalue weighted by Gasteiger charge is 2.16. The van der Waals surface area contributed by atoms with Gasteiger partial charge in [0.25, 0.3) is 0 Å². The summed E-state index contributed by atoms with van der Waals surface area (Å²) in [5.74, 6) is 1.66. The zero-order chi connectivity index (χ0) is 20.0. The van der Waals surface area contributed by atoms with Crippen LogP contribution < -0.4 is 14.2 Å². The summed E-state index contributed by atoms with van der Waals surface area (Å²) in [7, 11) is 0.102. The molecule has 0 aliphatic carbocycles. The monoisotopic (exact) mass is 389 g/mol.